The normalized spacial score (nSPS) is 21.1. The van der Waals surface area contributed by atoms with Crippen molar-refractivity contribution in [1.29, 1.82) is 0 Å². The highest BCUT2D eigenvalue weighted by Gasteiger charge is 2.58. The third-order valence-electron chi connectivity index (χ3n) is 7.92. The summed E-state index contributed by atoms with van der Waals surface area (Å²) in [5, 5.41) is 15.7. The van der Waals surface area contributed by atoms with E-state index in [1.807, 2.05) is 0 Å². The van der Waals surface area contributed by atoms with Crippen LogP contribution in [0.1, 0.15) is 55.1 Å². The van der Waals surface area contributed by atoms with Crippen LogP contribution in [-0.2, 0) is 25.5 Å². The number of carboxylic acid groups (broad SMARTS) is 1. The third-order valence-corrected chi connectivity index (χ3v) is 8.23. The summed E-state index contributed by atoms with van der Waals surface area (Å²) in [6.45, 7) is 7.03. The Morgan fingerprint density at radius 3 is 2.30 bits per heavy atom. The lowest BCUT2D eigenvalue weighted by Crippen LogP contribution is -2.50. The smallest absolute Gasteiger partial charge is 0.328 e. The maximum atomic E-state index is 13.2. The average molecular weight is 529 g/mol. The highest BCUT2D eigenvalue weighted by Crippen LogP contribution is 2.56. The number of methoxy groups -OCH3 is 1. The van der Waals surface area contributed by atoms with Gasteiger partial charge in [0.05, 0.1) is 23.1 Å². The number of hydrogen-bond donors (Lipinski definition) is 3. The van der Waals surface area contributed by atoms with Gasteiger partial charge in [0.15, 0.2) is 0 Å². The molecule has 1 aliphatic rings. The minimum atomic E-state index is -1.04. The second-order valence-corrected chi connectivity index (χ2v) is 10.7. The van der Waals surface area contributed by atoms with Crippen LogP contribution in [-0.4, -0.2) is 42.0 Å². The number of nitrogens with one attached hydrogen (secondary N) is 2. The van der Waals surface area contributed by atoms with Crippen LogP contribution in [0.15, 0.2) is 42.5 Å². The number of esters is 1. The van der Waals surface area contributed by atoms with E-state index in [4.69, 9.17) is 16.3 Å². The first-order valence-electron chi connectivity index (χ1n) is 12.1. The van der Waals surface area contributed by atoms with E-state index in [9.17, 15) is 24.3 Å². The Labute approximate surface area is 221 Å². The van der Waals surface area contributed by atoms with Crippen molar-refractivity contribution in [3.8, 4) is 0 Å². The maximum absolute atomic E-state index is 13.2. The van der Waals surface area contributed by atoms with E-state index in [0.29, 0.717) is 29.1 Å². The number of benzene rings is 2. The first-order chi connectivity index (χ1) is 17.3. The van der Waals surface area contributed by atoms with Crippen LogP contribution in [0.4, 0.5) is 5.69 Å². The fourth-order valence-electron chi connectivity index (χ4n) is 5.02. The molecule has 1 fully saturated rings. The van der Waals surface area contributed by atoms with E-state index in [-0.39, 0.29) is 18.2 Å². The van der Waals surface area contributed by atoms with E-state index in [1.165, 1.54) is 7.11 Å². The summed E-state index contributed by atoms with van der Waals surface area (Å²) in [6, 6.07) is 11.2. The Balaban J connectivity index is 1.71. The van der Waals surface area contributed by atoms with Gasteiger partial charge in [-0.3, -0.25) is 14.4 Å². The lowest BCUT2D eigenvalue weighted by Gasteiger charge is -2.38. The molecule has 1 saturated carbocycles. The summed E-state index contributed by atoms with van der Waals surface area (Å²) in [6.07, 6.45) is 0.950. The van der Waals surface area contributed by atoms with Crippen molar-refractivity contribution in [1.82, 2.24) is 5.32 Å². The van der Waals surface area contributed by atoms with Gasteiger partial charge in [0, 0.05) is 18.0 Å². The molecule has 0 saturated heterocycles. The molecule has 2 aromatic rings. The first-order valence-corrected chi connectivity index (χ1v) is 12.5. The van der Waals surface area contributed by atoms with Gasteiger partial charge in [0.25, 0.3) is 5.91 Å². The van der Waals surface area contributed by atoms with E-state index >= 15 is 0 Å². The monoisotopic (exact) mass is 528 g/mol. The van der Waals surface area contributed by atoms with E-state index in [0.717, 1.165) is 11.1 Å². The van der Waals surface area contributed by atoms with Crippen LogP contribution < -0.4 is 10.6 Å². The van der Waals surface area contributed by atoms with Crippen LogP contribution in [0, 0.1) is 23.7 Å². The van der Waals surface area contributed by atoms with Crippen LogP contribution in [0.5, 0.6) is 0 Å². The summed E-state index contributed by atoms with van der Waals surface area (Å²) in [7, 11) is 1.25. The highest BCUT2D eigenvalue weighted by atomic mass is 35.5. The van der Waals surface area contributed by atoms with Gasteiger partial charge in [0.2, 0.25) is 5.91 Å². The standard InChI is InChI=1S/C28H33ClN2O6/c1-16-7-6-8-20(29)22(16)24(33)30-18-11-9-17(10-12-18)15-21(25(34)37-5)31-23(32)19-13-14-28(4,26(35)36)27(19,2)3/h6-12,19,21H,13-15H2,1-5H3,(H,30,33)(H,31,32)(H,35,36)/t19?,21-,28?/m0/s1. The zero-order chi connectivity index (χ0) is 27.5. The summed E-state index contributed by atoms with van der Waals surface area (Å²) < 4.78 is 4.91. The summed E-state index contributed by atoms with van der Waals surface area (Å²) in [5.41, 5.74) is 0.598. The molecule has 0 aromatic heterocycles. The van der Waals surface area contributed by atoms with Gasteiger partial charge in [-0.1, -0.05) is 49.7 Å². The number of halogens is 1. The van der Waals surface area contributed by atoms with Crippen LogP contribution >= 0.6 is 11.6 Å². The summed E-state index contributed by atoms with van der Waals surface area (Å²) in [4.78, 5) is 50.3. The highest BCUT2D eigenvalue weighted by molar-refractivity contribution is 6.34. The molecule has 198 valence electrons. The number of ether oxygens (including phenoxy) is 1. The second kappa shape index (κ2) is 10.9. The molecule has 0 bridgehead atoms. The predicted octanol–water partition coefficient (Wildman–Crippen LogP) is 4.63. The minimum Gasteiger partial charge on any atom is -0.481 e. The molecule has 0 heterocycles. The number of aliphatic carboxylic acids is 1. The Bertz CT molecular complexity index is 1190. The first kappa shape index (κ1) is 28.2. The van der Waals surface area contributed by atoms with Crippen LogP contribution in [0.2, 0.25) is 5.02 Å². The van der Waals surface area contributed by atoms with Gasteiger partial charge >= 0.3 is 11.9 Å². The quantitative estimate of drug-likeness (QED) is 0.429. The van der Waals surface area contributed by atoms with Crippen molar-refractivity contribution in [2.24, 2.45) is 16.7 Å². The van der Waals surface area contributed by atoms with Crippen molar-refractivity contribution in [2.75, 3.05) is 12.4 Å². The van der Waals surface area contributed by atoms with Crippen molar-refractivity contribution in [3.63, 3.8) is 0 Å². The van der Waals surface area contributed by atoms with E-state index < -0.39 is 34.7 Å². The lowest BCUT2D eigenvalue weighted by molar-refractivity contribution is -0.156. The number of rotatable bonds is 8. The summed E-state index contributed by atoms with van der Waals surface area (Å²) >= 11 is 6.19. The fourth-order valence-corrected chi connectivity index (χ4v) is 5.33. The Morgan fingerprint density at radius 1 is 1.11 bits per heavy atom. The molecule has 9 heteroatoms. The van der Waals surface area contributed by atoms with E-state index in [1.54, 1.807) is 70.2 Å². The zero-order valence-electron chi connectivity index (χ0n) is 21.7. The van der Waals surface area contributed by atoms with Gasteiger partial charge < -0.3 is 20.5 Å². The Hall–Kier alpha value is -3.39. The molecule has 2 amide bonds. The molecule has 0 spiro atoms. The van der Waals surface area contributed by atoms with Crippen LogP contribution in [0.3, 0.4) is 0 Å². The fraction of sp³-hybridized carbons (Fsp3) is 0.429. The van der Waals surface area contributed by atoms with Crippen LogP contribution in [0.25, 0.3) is 0 Å². The van der Waals surface area contributed by atoms with Gasteiger partial charge in [0.1, 0.15) is 6.04 Å². The topological polar surface area (TPSA) is 122 Å². The number of amides is 2. The second-order valence-electron chi connectivity index (χ2n) is 10.3. The Morgan fingerprint density at radius 2 is 1.76 bits per heavy atom. The van der Waals surface area contributed by atoms with Crippen molar-refractivity contribution >= 4 is 41.0 Å². The largest absolute Gasteiger partial charge is 0.481 e. The minimum absolute atomic E-state index is 0.166. The Kier molecular flexibility index (Phi) is 8.32. The number of anilines is 1. The molecule has 2 unspecified atom stereocenters. The van der Waals surface area contributed by atoms with Gasteiger partial charge in [-0.25, -0.2) is 4.79 Å². The van der Waals surface area contributed by atoms with Crippen molar-refractivity contribution < 1.29 is 29.0 Å². The molecule has 3 rings (SSSR count). The summed E-state index contributed by atoms with van der Waals surface area (Å²) in [5.74, 6) is -2.80. The van der Waals surface area contributed by atoms with Gasteiger partial charge in [-0.05, 0) is 61.4 Å². The van der Waals surface area contributed by atoms with E-state index in [2.05, 4.69) is 10.6 Å². The number of aryl methyl sites for hydroxylation is 1. The number of carboxylic acids is 1. The zero-order valence-corrected chi connectivity index (χ0v) is 22.4. The third kappa shape index (κ3) is 5.64. The molecule has 0 radical (unpaired) electrons. The SMILES string of the molecule is COC(=O)[C@H](Cc1ccc(NC(=O)c2c(C)cccc2Cl)cc1)NC(=O)C1CCC(C)(C(=O)O)C1(C)C. The molecule has 37 heavy (non-hydrogen) atoms. The van der Waals surface area contributed by atoms with Gasteiger partial charge in [-0.2, -0.15) is 0 Å². The average Bonchev–Trinajstić information content (AvgIpc) is 3.08. The molecule has 3 N–H and O–H groups in total. The molecule has 3 atom stereocenters. The molecule has 0 aliphatic heterocycles. The predicted molar refractivity (Wildman–Crippen MR) is 140 cm³/mol. The number of carbonyl (C=O) groups excluding carboxylic acids is 3. The maximum Gasteiger partial charge on any atom is 0.328 e. The van der Waals surface area contributed by atoms with Crippen molar-refractivity contribution in [2.45, 2.75) is 53.0 Å². The molecule has 1 aliphatic carbocycles. The molecule has 2 aromatic carbocycles. The number of carbonyl (C=O) groups is 4. The molecular weight excluding hydrogens is 496 g/mol. The molecular formula is C28H33ClN2O6. The van der Waals surface area contributed by atoms with Crippen molar-refractivity contribution in [3.05, 3.63) is 64.2 Å². The number of hydrogen-bond acceptors (Lipinski definition) is 5. The van der Waals surface area contributed by atoms with Gasteiger partial charge in [-0.15, -0.1) is 0 Å². The lowest BCUT2D eigenvalue weighted by atomic mass is 9.65. The molecule has 8 nitrogen and oxygen atoms in total.